The van der Waals surface area contributed by atoms with Crippen LogP contribution in [0.25, 0.3) is 21.7 Å². The summed E-state index contributed by atoms with van der Waals surface area (Å²) < 4.78 is 39.1. The van der Waals surface area contributed by atoms with Crippen molar-refractivity contribution in [1.29, 1.82) is 0 Å². The second-order valence-corrected chi connectivity index (χ2v) is 17.4. The molecule has 0 bridgehead atoms. The number of allylic oxidation sites excluding steroid dienone is 1. The number of carbonyl (C=O) groups is 3. The molecule has 0 spiro atoms. The van der Waals surface area contributed by atoms with Gasteiger partial charge in [-0.3, -0.25) is 9.59 Å². The largest absolute Gasteiger partial charge is 0.497 e. The van der Waals surface area contributed by atoms with Gasteiger partial charge in [-0.15, -0.1) is 17.8 Å². The zero-order valence-electron chi connectivity index (χ0n) is 30.1. The summed E-state index contributed by atoms with van der Waals surface area (Å²) in [4.78, 5) is 59.3. The van der Waals surface area contributed by atoms with Crippen LogP contribution >= 0.6 is 11.3 Å². The average Bonchev–Trinajstić information content (AvgIpc) is 3.96. The fourth-order valence-electron chi connectivity index (χ4n) is 6.94. The van der Waals surface area contributed by atoms with Crippen molar-refractivity contribution in [3.8, 4) is 34.8 Å². The predicted octanol–water partition coefficient (Wildman–Crippen LogP) is 3.99. The number of ether oxygens (including phenoxy) is 2. The van der Waals surface area contributed by atoms with Crippen LogP contribution in [0.4, 0.5) is 4.79 Å². The molecule has 4 aliphatic rings. The van der Waals surface area contributed by atoms with Crippen LogP contribution in [0.2, 0.25) is 0 Å². The zero-order valence-corrected chi connectivity index (χ0v) is 31.8. The molecule has 3 fully saturated rings. The molecule has 0 unspecified atom stereocenters. The van der Waals surface area contributed by atoms with Crippen LogP contribution in [0, 0.1) is 18.3 Å². The summed E-state index contributed by atoms with van der Waals surface area (Å²) in [6.07, 6.45) is 11.8. The maximum absolute atomic E-state index is 14.2. The molecule has 1 aromatic carbocycles. The topological polar surface area (TPSA) is 173 Å². The monoisotopic (exact) mass is 761 g/mol. The Hall–Kier alpha value is -4.75. The van der Waals surface area contributed by atoms with Crippen molar-refractivity contribution in [3.63, 3.8) is 0 Å². The second-order valence-electron chi connectivity index (χ2n) is 14.6. The summed E-state index contributed by atoms with van der Waals surface area (Å²) in [6.45, 7) is 4.62. The van der Waals surface area contributed by atoms with E-state index < -0.39 is 50.3 Å². The molecule has 2 aromatic heterocycles. The third-order valence-electron chi connectivity index (χ3n) is 10.6. The van der Waals surface area contributed by atoms with Gasteiger partial charge in [0.1, 0.15) is 23.4 Å². The molecule has 3 aromatic rings. The lowest BCUT2D eigenvalue weighted by Gasteiger charge is -2.30. The molecule has 1 saturated heterocycles. The smallest absolute Gasteiger partial charge is 0.319 e. The highest BCUT2D eigenvalue weighted by Gasteiger charge is 2.63. The minimum absolute atomic E-state index is 0.00147. The Morgan fingerprint density at radius 1 is 1.19 bits per heavy atom. The van der Waals surface area contributed by atoms with Gasteiger partial charge in [0.2, 0.25) is 11.8 Å². The Morgan fingerprint density at radius 2 is 1.98 bits per heavy atom. The number of hydrogen-bond acceptors (Lipinski definition) is 11. The van der Waals surface area contributed by atoms with Gasteiger partial charge in [-0.1, -0.05) is 31.9 Å². The number of nitrogens with zero attached hydrogens (tertiary/aromatic N) is 5. The Morgan fingerprint density at radius 3 is 2.68 bits per heavy atom. The average molecular weight is 762 g/mol. The number of aromatic nitrogens is 3. The van der Waals surface area contributed by atoms with Gasteiger partial charge in [0.05, 0.1) is 30.3 Å². The number of terminal acetylenes is 1. The van der Waals surface area contributed by atoms with E-state index in [0.717, 1.165) is 18.5 Å². The summed E-state index contributed by atoms with van der Waals surface area (Å²) in [7, 11) is -0.913. The molecule has 4 amide bonds. The Balaban J connectivity index is 1.20. The second kappa shape index (κ2) is 13.9. The van der Waals surface area contributed by atoms with E-state index in [2.05, 4.69) is 29.8 Å². The fourth-order valence-corrected chi connectivity index (χ4v) is 9.27. The first-order chi connectivity index (χ1) is 25.3. The minimum Gasteiger partial charge on any atom is -0.497 e. The molecule has 2 aliphatic heterocycles. The van der Waals surface area contributed by atoms with Crippen molar-refractivity contribution in [2.45, 2.75) is 87.1 Å². The number of thiazole rings is 1. The van der Waals surface area contributed by atoms with Crippen LogP contribution in [0.5, 0.6) is 11.6 Å². The summed E-state index contributed by atoms with van der Waals surface area (Å²) in [5, 5.41) is 6.05. The summed E-state index contributed by atoms with van der Waals surface area (Å²) >= 11 is 1.43. The van der Waals surface area contributed by atoms with Gasteiger partial charge in [0.25, 0.3) is 15.9 Å². The molecule has 16 heteroatoms. The SMILES string of the molecule is C#CC1(S(=O)(=O)NC(=O)[C@@]23C[C@H]2/C=C\CCCCN(C)C(=O)[C@@H]2C[C@H](Oc4nc(-c5nc(C(C)C)cs5)nc5cc(OC)ccc45)CN2C(=O)N3)CC1. The number of hydrogen-bond donors (Lipinski definition) is 2. The van der Waals surface area contributed by atoms with Crippen LogP contribution < -0.4 is 19.5 Å². The maximum atomic E-state index is 14.2. The summed E-state index contributed by atoms with van der Waals surface area (Å²) in [5.74, 6) is 2.21. The molecule has 7 rings (SSSR count). The number of sulfonamides is 1. The van der Waals surface area contributed by atoms with Gasteiger partial charge in [-0.2, -0.15) is 4.98 Å². The van der Waals surface area contributed by atoms with Crippen molar-refractivity contribution >= 4 is 50.1 Å². The molecule has 4 atom stereocenters. The maximum Gasteiger partial charge on any atom is 0.319 e. The highest BCUT2D eigenvalue weighted by atomic mass is 32.2. The molecule has 2 N–H and O–H groups in total. The van der Waals surface area contributed by atoms with Crippen molar-refractivity contribution in [3.05, 3.63) is 41.4 Å². The molecular formula is C37H43N7O7S2. The van der Waals surface area contributed by atoms with E-state index in [1.807, 2.05) is 17.5 Å². The number of amides is 4. The van der Waals surface area contributed by atoms with E-state index in [1.54, 1.807) is 37.3 Å². The molecule has 14 nitrogen and oxygen atoms in total. The Labute approximate surface area is 312 Å². The van der Waals surface area contributed by atoms with E-state index >= 15 is 0 Å². The van der Waals surface area contributed by atoms with Crippen LogP contribution in [-0.4, -0.2) is 101 Å². The van der Waals surface area contributed by atoms with Crippen molar-refractivity contribution in [1.82, 2.24) is 34.8 Å². The summed E-state index contributed by atoms with van der Waals surface area (Å²) in [6, 6.07) is 3.77. The first-order valence-corrected chi connectivity index (χ1v) is 20.2. The third-order valence-corrected chi connectivity index (χ3v) is 13.4. The molecule has 4 heterocycles. The van der Waals surface area contributed by atoms with Crippen molar-refractivity contribution < 1.29 is 32.3 Å². The number of rotatable bonds is 8. The van der Waals surface area contributed by atoms with E-state index in [-0.39, 0.29) is 49.9 Å². The van der Waals surface area contributed by atoms with Gasteiger partial charge >= 0.3 is 6.03 Å². The van der Waals surface area contributed by atoms with Gasteiger partial charge < -0.3 is 24.6 Å². The third kappa shape index (κ3) is 6.92. The number of urea groups is 1. The van der Waals surface area contributed by atoms with Crippen molar-refractivity contribution in [2.75, 3.05) is 27.2 Å². The predicted molar refractivity (Wildman–Crippen MR) is 199 cm³/mol. The van der Waals surface area contributed by atoms with Gasteiger partial charge in [-0.25, -0.2) is 27.9 Å². The Kier molecular flexibility index (Phi) is 9.60. The quantitative estimate of drug-likeness (QED) is 0.253. The lowest BCUT2D eigenvalue weighted by Crippen LogP contribution is -2.58. The molecular weight excluding hydrogens is 719 g/mol. The molecule has 2 aliphatic carbocycles. The number of carbonyl (C=O) groups excluding carboxylic acids is 3. The Bertz CT molecular complexity index is 2140. The van der Waals surface area contributed by atoms with Gasteiger partial charge in [0, 0.05) is 37.4 Å². The highest BCUT2D eigenvalue weighted by Crippen LogP contribution is 2.47. The zero-order chi connectivity index (χ0) is 37.7. The van der Waals surface area contributed by atoms with Gasteiger partial charge in [0.15, 0.2) is 15.6 Å². The number of methoxy groups -OCH3 is 1. The van der Waals surface area contributed by atoms with E-state index in [1.165, 1.54) is 16.2 Å². The first-order valence-electron chi connectivity index (χ1n) is 17.8. The van der Waals surface area contributed by atoms with E-state index in [4.69, 9.17) is 30.8 Å². The normalized spacial score (nSPS) is 26.2. The molecule has 280 valence electrons. The van der Waals surface area contributed by atoms with E-state index in [0.29, 0.717) is 40.5 Å². The number of benzene rings is 1. The fraction of sp³-hybridized carbons (Fsp3) is 0.514. The van der Waals surface area contributed by atoms with Crippen LogP contribution in [0.3, 0.4) is 0 Å². The minimum atomic E-state index is -4.19. The number of nitrogens with one attached hydrogen (secondary N) is 2. The lowest BCUT2D eigenvalue weighted by molar-refractivity contribution is -0.134. The highest BCUT2D eigenvalue weighted by molar-refractivity contribution is 7.92. The van der Waals surface area contributed by atoms with Crippen LogP contribution in [0.1, 0.15) is 70.4 Å². The first kappa shape index (κ1) is 36.6. The van der Waals surface area contributed by atoms with Crippen LogP contribution in [-0.2, 0) is 19.6 Å². The standard InChI is InChI=1S/C37H43N7O7S2/c1-6-36(14-15-36)53(48,49)42-34(46)37-19-23(37)11-9-7-8-10-16-43(4)33(45)29-18-25(20-44(29)35(47)41-37)51-31-26-13-12-24(50-5)17-27(26)38-30(40-31)32-39-28(21-52-32)22(2)3/h1,9,11-13,17,21-23,25,29H,7-8,10,14-16,18-20H2,2-5H3,(H,41,47)(H,42,46)/b11-9-/t23-,25+,29+,37-/m1/s1. The van der Waals surface area contributed by atoms with E-state index in [9.17, 15) is 22.8 Å². The molecule has 0 radical (unpaired) electrons. The lowest BCUT2D eigenvalue weighted by atomic mass is 10.1. The van der Waals surface area contributed by atoms with Gasteiger partial charge in [-0.05, 0) is 56.6 Å². The van der Waals surface area contributed by atoms with Crippen LogP contribution in [0.15, 0.2) is 35.7 Å². The number of likely N-dealkylation sites (N-methyl/N-ethyl adjacent to an activating group) is 1. The van der Waals surface area contributed by atoms with Crippen molar-refractivity contribution in [2.24, 2.45) is 5.92 Å². The molecule has 2 saturated carbocycles. The molecule has 53 heavy (non-hydrogen) atoms. The number of fused-ring (bicyclic) bond motifs is 3. The summed E-state index contributed by atoms with van der Waals surface area (Å²) in [5.41, 5.74) is -0.0434.